The van der Waals surface area contributed by atoms with Gasteiger partial charge in [0, 0.05) is 32.8 Å². The molecule has 1 aromatic heterocycles. The molecule has 1 amide bonds. The predicted octanol–water partition coefficient (Wildman–Crippen LogP) is 0.247. The highest BCUT2D eigenvalue weighted by atomic mass is 32.2. The number of thiophene rings is 1. The van der Waals surface area contributed by atoms with Gasteiger partial charge in [0.1, 0.15) is 0 Å². The zero-order chi connectivity index (χ0) is 16.4. The van der Waals surface area contributed by atoms with Crippen molar-refractivity contribution in [2.45, 2.75) is 18.5 Å². The van der Waals surface area contributed by atoms with Gasteiger partial charge >= 0.3 is 0 Å². The van der Waals surface area contributed by atoms with Gasteiger partial charge in [-0.2, -0.15) is 11.3 Å². The lowest BCUT2D eigenvalue weighted by Crippen LogP contribution is -2.61. The van der Waals surface area contributed by atoms with Crippen molar-refractivity contribution in [3.63, 3.8) is 0 Å². The molecule has 0 N–H and O–H groups in total. The van der Waals surface area contributed by atoms with Crippen LogP contribution in [-0.2, 0) is 25.8 Å². The van der Waals surface area contributed by atoms with E-state index in [9.17, 15) is 13.2 Å². The minimum Gasteiger partial charge on any atom is -0.383 e. The van der Waals surface area contributed by atoms with Gasteiger partial charge in [0.15, 0.2) is 9.84 Å². The van der Waals surface area contributed by atoms with Crippen LogP contribution in [-0.4, -0.2) is 81.1 Å². The monoisotopic (exact) mass is 358 g/mol. The quantitative estimate of drug-likeness (QED) is 0.755. The second kappa shape index (κ2) is 6.88. The first-order valence-corrected chi connectivity index (χ1v) is 10.5. The van der Waals surface area contributed by atoms with Gasteiger partial charge in [-0.25, -0.2) is 8.42 Å². The molecule has 128 valence electrons. The number of methoxy groups -OCH3 is 1. The van der Waals surface area contributed by atoms with Gasteiger partial charge in [0.05, 0.1) is 30.6 Å². The SMILES string of the molecule is COCCN1CCN(C(=O)Cc2ccsc2)[C@H]2CS(=O)(=O)C[C@H]21. The summed E-state index contributed by atoms with van der Waals surface area (Å²) in [5.74, 6) is 0.252. The summed E-state index contributed by atoms with van der Waals surface area (Å²) in [6.07, 6.45) is 0.352. The maximum atomic E-state index is 12.6. The maximum absolute atomic E-state index is 12.6. The summed E-state index contributed by atoms with van der Waals surface area (Å²) in [5.41, 5.74) is 0.999. The molecule has 0 spiro atoms. The number of fused-ring (bicyclic) bond motifs is 1. The van der Waals surface area contributed by atoms with Crippen LogP contribution in [0.15, 0.2) is 16.8 Å². The minimum atomic E-state index is -3.09. The Morgan fingerprint density at radius 1 is 1.35 bits per heavy atom. The average molecular weight is 358 g/mol. The van der Waals surface area contributed by atoms with Gasteiger partial charge < -0.3 is 9.64 Å². The normalized spacial score (nSPS) is 27.1. The number of nitrogens with zero attached hydrogens (tertiary/aromatic N) is 2. The van der Waals surface area contributed by atoms with Crippen molar-refractivity contribution in [1.82, 2.24) is 9.80 Å². The number of amides is 1. The molecule has 0 saturated carbocycles. The van der Waals surface area contributed by atoms with E-state index in [0.717, 1.165) is 5.56 Å². The van der Waals surface area contributed by atoms with E-state index >= 15 is 0 Å². The third-order valence-corrected chi connectivity index (χ3v) is 7.06. The lowest BCUT2D eigenvalue weighted by molar-refractivity contribution is -0.136. The Labute approximate surface area is 140 Å². The zero-order valence-electron chi connectivity index (χ0n) is 13.2. The summed E-state index contributed by atoms with van der Waals surface area (Å²) in [6, 6.07) is 1.62. The number of hydrogen-bond donors (Lipinski definition) is 0. The maximum Gasteiger partial charge on any atom is 0.227 e. The average Bonchev–Trinajstić information content (AvgIpc) is 3.10. The van der Waals surface area contributed by atoms with Crippen molar-refractivity contribution in [3.8, 4) is 0 Å². The summed E-state index contributed by atoms with van der Waals surface area (Å²) in [4.78, 5) is 16.6. The molecule has 0 bridgehead atoms. The van der Waals surface area contributed by atoms with Gasteiger partial charge in [-0.05, 0) is 22.4 Å². The van der Waals surface area contributed by atoms with E-state index in [1.807, 2.05) is 16.8 Å². The summed E-state index contributed by atoms with van der Waals surface area (Å²) in [7, 11) is -1.45. The molecule has 1 aromatic rings. The van der Waals surface area contributed by atoms with Gasteiger partial charge in [-0.15, -0.1) is 0 Å². The Morgan fingerprint density at radius 3 is 2.83 bits per heavy atom. The molecule has 0 radical (unpaired) electrons. The number of carbonyl (C=O) groups excluding carboxylic acids is 1. The van der Waals surface area contributed by atoms with Crippen LogP contribution in [0.25, 0.3) is 0 Å². The minimum absolute atomic E-state index is 0.0295. The van der Waals surface area contributed by atoms with Crippen LogP contribution in [0.3, 0.4) is 0 Å². The summed E-state index contributed by atoms with van der Waals surface area (Å²) >= 11 is 1.57. The first kappa shape index (κ1) is 16.9. The van der Waals surface area contributed by atoms with Crippen LogP contribution >= 0.6 is 11.3 Å². The molecular formula is C15H22N2O4S2. The van der Waals surface area contributed by atoms with Crippen molar-refractivity contribution in [3.05, 3.63) is 22.4 Å². The lowest BCUT2D eigenvalue weighted by atomic mass is 10.0. The summed E-state index contributed by atoms with van der Waals surface area (Å²) in [5, 5.41) is 3.92. The zero-order valence-corrected chi connectivity index (χ0v) is 14.8. The Morgan fingerprint density at radius 2 is 2.13 bits per heavy atom. The van der Waals surface area contributed by atoms with E-state index in [-0.39, 0.29) is 29.5 Å². The van der Waals surface area contributed by atoms with Gasteiger partial charge in [0.2, 0.25) is 5.91 Å². The first-order chi connectivity index (χ1) is 11.0. The molecule has 0 aromatic carbocycles. The third kappa shape index (κ3) is 3.76. The Balaban J connectivity index is 1.74. The summed E-state index contributed by atoms with van der Waals surface area (Å²) in [6.45, 7) is 2.57. The van der Waals surface area contributed by atoms with Crippen LogP contribution in [0.5, 0.6) is 0 Å². The molecule has 2 aliphatic heterocycles. The Bertz CT molecular complexity index is 644. The summed E-state index contributed by atoms with van der Waals surface area (Å²) < 4.78 is 29.3. The van der Waals surface area contributed by atoms with E-state index in [4.69, 9.17) is 4.74 Å². The fourth-order valence-electron chi connectivity index (χ4n) is 3.49. The molecule has 2 atom stereocenters. The van der Waals surface area contributed by atoms with Crippen molar-refractivity contribution in [1.29, 1.82) is 0 Å². The van der Waals surface area contributed by atoms with E-state index in [0.29, 0.717) is 32.7 Å². The molecular weight excluding hydrogens is 336 g/mol. The number of rotatable bonds is 5. The Kier molecular flexibility index (Phi) is 5.05. The highest BCUT2D eigenvalue weighted by Crippen LogP contribution is 2.27. The molecule has 0 unspecified atom stereocenters. The molecule has 2 fully saturated rings. The van der Waals surface area contributed by atoms with Crippen LogP contribution in [0.1, 0.15) is 5.56 Å². The van der Waals surface area contributed by atoms with E-state index in [1.54, 1.807) is 23.3 Å². The van der Waals surface area contributed by atoms with E-state index < -0.39 is 9.84 Å². The van der Waals surface area contributed by atoms with Crippen LogP contribution in [0.2, 0.25) is 0 Å². The third-order valence-electron chi connectivity index (χ3n) is 4.63. The molecule has 6 nitrogen and oxygen atoms in total. The van der Waals surface area contributed by atoms with Crippen molar-refractivity contribution < 1.29 is 17.9 Å². The van der Waals surface area contributed by atoms with Crippen LogP contribution in [0.4, 0.5) is 0 Å². The van der Waals surface area contributed by atoms with E-state index in [1.165, 1.54) is 0 Å². The standard InChI is InChI=1S/C15H22N2O4S2/c1-21-6-5-16-3-4-17(14-11-23(19,20)10-13(14)16)15(18)8-12-2-7-22-9-12/h2,7,9,13-14H,3-6,8,10-11H2,1H3/t13-,14+/m1/s1. The second-order valence-corrected chi connectivity index (χ2v) is 9.07. The fraction of sp³-hybridized carbons (Fsp3) is 0.667. The van der Waals surface area contributed by atoms with Crippen molar-refractivity contribution in [2.24, 2.45) is 0 Å². The van der Waals surface area contributed by atoms with Crippen LogP contribution in [0, 0.1) is 0 Å². The lowest BCUT2D eigenvalue weighted by Gasteiger charge is -2.43. The van der Waals surface area contributed by atoms with Crippen molar-refractivity contribution in [2.75, 3.05) is 44.9 Å². The highest BCUT2D eigenvalue weighted by molar-refractivity contribution is 7.91. The number of sulfone groups is 1. The molecule has 2 saturated heterocycles. The predicted molar refractivity (Wildman–Crippen MR) is 89.4 cm³/mol. The van der Waals surface area contributed by atoms with Crippen LogP contribution < -0.4 is 0 Å². The molecule has 23 heavy (non-hydrogen) atoms. The second-order valence-electron chi connectivity index (χ2n) is 6.14. The fourth-order valence-corrected chi connectivity index (χ4v) is 6.17. The van der Waals surface area contributed by atoms with Gasteiger partial charge in [-0.3, -0.25) is 9.69 Å². The number of ether oxygens (including phenoxy) is 1. The highest BCUT2D eigenvalue weighted by Gasteiger charge is 2.47. The molecule has 0 aliphatic carbocycles. The number of hydrogen-bond acceptors (Lipinski definition) is 6. The molecule has 2 aliphatic rings. The molecule has 3 rings (SSSR count). The molecule has 8 heteroatoms. The largest absolute Gasteiger partial charge is 0.383 e. The molecule has 3 heterocycles. The Hall–Kier alpha value is -0.960. The van der Waals surface area contributed by atoms with E-state index in [2.05, 4.69) is 4.90 Å². The number of piperazine rings is 1. The smallest absolute Gasteiger partial charge is 0.227 e. The van der Waals surface area contributed by atoms with Gasteiger partial charge in [0.25, 0.3) is 0 Å². The van der Waals surface area contributed by atoms with Crippen molar-refractivity contribution >= 4 is 27.1 Å². The topological polar surface area (TPSA) is 66.9 Å². The number of carbonyl (C=O) groups is 1. The first-order valence-electron chi connectivity index (χ1n) is 7.74. The van der Waals surface area contributed by atoms with Gasteiger partial charge in [-0.1, -0.05) is 0 Å².